The summed E-state index contributed by atoms with van der Waals surface area (Å²) in [5.41, 5.74) is 2.88. The Labute approximate surface area is 150 Å². The van der Waals surface area contributed by atoms with Gasteiger partial charge in [-0.2, -0.15) is 5.10 Å². The molecule has 1 amide bonds. The van der Waals surface area contributed by atoms with Crippen molar-refractivity contribution >= 4 is 5.91 Å². The zero-order valence-corrected chi connectivity index (χ0v) is 14.1. The van der Waals surface area contributed by atoms with Gasteiger partial charge in [0.15, 0.2) is 12.4 Å². The lowest BCUT2D eigenvalue weighted by Gasteiger charge is -2.28. The summed E-state index contributed by atoms with van der Waals surface area (Å²) >= 11 is 0. The molecular weight excluding hydrogens is 333 g/mol. The SMILES string of the molecule is O=C(c1ccn(COc2ccc(F)cc2)n1)N1CCc2ccccc2C1. The Morgan fingerprint density at radius 2 is 1.85 bits per heavy atom. The van der Waals surface area contributed by atoms with E-state index in [4.69, 9.17) is 4.74 Å². The maximum Gasteiger partial charge on any atom is 0.274 e. The van der Waals surface area contributed by atoms with Crippen molar-refractivity contribution in [2.45, 2.75) is 19.7 Å². The monoisotopic (exact) mass is 351 g/mol. The molecule has 0 saturated carbocycles. The maximum absolute atomic E-state index is 12.9. The van der Waals surface area contributed by atoms with Crippen LogP contribution in [0.3, 0.4) is 0 Å². The molecule has 0 radical (unpaired) electrons. The summed E-state index contributed by atoms with van der Waals surface area (Å²) in [6.45, 7) is 1.45. The molecule has 0 atom stereocenters. The van der Waals surface area contributed by atoms with Crippen molar-refractivity contribution in [2.24, 2.45) is 0 Å². The van der Waals surface area contributed by atoms with E-state index >= 15 is 0 Å². The summed E-state index contributed by atoms with van der Waals surface area (Å²) < 4.78 is 20.0. The topological polar surface area (TPSA) is 47.4 Å². The molecule has 1 aliphatic heterocycles. The van der Waals surface area contributed by atoms with Crippen LogP contribution in [0.25, 0.3) is 0 Å². The fourth-order valence-electron chi connectivity index (χ4n) is 3.05. The van der Waals surface area contributed by atoms with Crippen LogP contribution in [0.1, 0.15) is 21.6 Å². The second-order valence-corrected chi connectivity index (χ2v) is 6.21. The Morgan fingerprint density at radius 3 is 2.65 bits per heavy atom. The quantitative estimate of drug-likeness (QED) is 0.725. The average molecular weight is 351 g/mol. The molecule has 2 heterocycles. The third-order valence-corrected chi connectivity index (χ3v) is 4.45. The number of halogens is 1. The van der Waals surface area contributed by atoms with Crippen molar-refractivity contribution in [1.29, 1.82) is 0 Å². The van der Waals surface area contributed by atoms with Crippen LogP contribution in [0, 0.1) is 5.82 Å². The number of carbonyl (C=O) groups is 1. The smallest absolute Gasteiger partial charge is 0.274 e. The highest BCUT2D eigenvalue weighted by Crippen LogP contribution is 2.20. The summed E-state index contributed by atoms with van der Waals surface area (Å²) in [6.07, 6.45) is 2.56. The number of rotatable bonds is 4. The van der Waals surface area contributed by atoms with E-state index in [1.165, 1.54) is 23.3 Å². The van der Waals surface area contributed by atoms with E-state index in [-0.39, 0.29) is 18.5 Å². The molecule has 3 aromatic rings. The molecule has 132 valence electrons. The predicted octanol–water partition coefficient (Wildman–Crippen LogP) is 3.26. The number of nitrogens with zero attached hydrogens (tertiary/aromatic N) is 3. The van der Waals surface area contributed by atoms with Crippen molar-refractivity contribution in [1.82, 2.24) is 14.7 Å². The minimum Gasteiger partial charge on any atom is -0.471 e. The fourth-order valence-corrected chi connectivity index (χ4v) is 3.05. The van der Waals surface area contributed by atoms with E-state index in [9.17, 15) is 9.18 Å². The largest absolute Gasteiger partial charge is 0.471 e. The van der Waals surface area contributed by atoms with Gasteiger partial charge in [-0.05, 0) is 47.9 Å². The van der Waals surface area contributed by atoms with Gasteiger partial charge in [0.1, 0.15) is 11.6 Å². The van der Waals surface area contributed by atoms with Gasteiger partial charge in [-0.3, -0.25) is 4.79 Å². The number of hydrogen-bond acceptors (Lipinski definition) is 3. The van der Waals surface area contributed by atoms with Crippen molar-refractivity contribution in [3.8, 4) is 5.75 Å². The number of hydrogen-bond donors (Lipinski definition) is 0. The van der Waals surface area contributed by atoms with Crippen LogP contribution >= 0.6 is 0 Å². The molecule has 26 heavy (non-hydrogen) atoms. The lowest BCUT2D eigenvalue weighted by Crippen LogP contribution is -2.36. The highest BCUT2D eigenvalue weighted by Gasteiger charge is 2.23. The summed E-state index contributed by atoms with van der Waals surface area (Å²) in [4.78, 5) is 14.5. The number of fused-ring (bicyclic) bond motifs is 1. The van der Waals surface area contributed by atoms with E-state index in [1.54, 1.807) is 29.1 Å². The molecule has 0 spiro atoms. The summed E-state index contributed by atoms with van der Waals surface area (Å²) in [5, 5.41) is 4.30. The van der Waals surface area contributed by atoms with Crippen LogP contribution in [0.15, 0.2) is 60.8 Å². The normalized spacial score (nSPS) is 13.3. The number of benzene rings is 2. The van der Waals surface area contributed by atoms with Gasteiger partial charge < -0.3 is 9.64 Å². The van der Waals surface area contributed by atoms with E-state index < -0.39 is 0 Å². The molecule has 0 fully saturated rings. The minimum absolute atomic E-state index is 0.0833. The second-order valence-electron chi connectivity index (χ2n) is 6.21. The molecule has 0 bridgehead atoms. The van der Waals surface area contributed by atoms with Crippen molar-refractivity contribution in [2.75, 3.05) is 6.54 Å². The molecule has 2 aromatic carbocycles. The first kappa shape index (κ1) is 16.3. The molecule has 1 aliphatic rings. The first-order valence-corrected chi connectivity index (χ1v) is 8.47. The maximum atomic E-state index is 12.9. The molecule has 1 aromatic heterocycles. The van der Waals surface area contributed by atoms with Crippen molar-refractivity contribution < 1.29 is 13.9 Å². The van der Waals surface area contributed by atoms with E-state index in [2.05, 4.69) is 17.2 Å². The van der Waals surface area contributed by atoms with Crippen LogP contribution in [0.4, 0.5) is 4.39 Å². The van der Waals surface area contributed by atoms with Crippen LogP contribution < -0.4 is 4.74 Å². The fraction of sp³-hybridized carbons (Fsp3) is 0.200. The van der Waals surface area contributed by atoms with Crippen LogP contribution in [0.2, 0.25) is 0 Å². The van der Waals surface area contributed by atoms with E-state index in [0.29, 0.717) is 24.5 Å². The van der Waals surface area contributed by atoms with E-state index in [1.807, 2.05) is 17.0 Å². The van der Waals surface area contributed by atoms with E-state index in [0.717, 1.165) is 6.42 Å². The Morgan fingerprint density at radius 1 is 1.08 bits per heavy atom. The third-order valence-electron chi connectivity index (χ3n) is 4.45. The number of amides is 1. The Kier molecular flexibility index (Phi) is 4.39. The zero-order valence-electron chi connectivity index (χ0n) is 14.1. The van der Waals surface area contributed by atoms with Gasteiger partial charge in [0, 0.05) is 19.3 Å². The molecular formula is C20H18FN3O2. The molecule has 4 rings (SSSR count). The standard InChI is InChI=1S/C20H18FN3O2/c21-17-5-7-18(8-6-17)26-14-24-12-10-19(22-24)20(25)23-11-9-15-3-1-2-4-16(15)13-23/h1-8,10,12H,9,11,13-14H2. The van der Waals surface area contributed by atoms with Gasteiger partial charge in [0.25, 0.3) is 5.91 Å². The lowest BCUT2D eigenvalue weighted by atomic mass is 10.00. The van der Waals surface area contributed by atoms with Gasteiger partial charge in [-0.25, -0.2) is 9.07 Å². The molecule has 0 unspecified atom stereocenters. The van der Waals surface area contributed by atoms with Crippen molar-refractivity contribution in [3.63, 3.8) is 0 Å². The highest BCUT2D eigenvalue weighted by molar-refractivity contribution is 5.92. The first-order valence-electron chi connectivity index (χ1n) is 8.47. The predicted molar refractivity (Wildman–Crippen MR) is 94.1 cm³/mol. The number of carbonyl (C=O) groups excluding carboxylic acids is 1. The Balaban J connectivity index is 1.39. The summed E-state index contributed by atoms with van der Waals surface area (Å²) in [6, 6.07) is 15.7. The number of aromatic nitrogens is 2. The van der Waals surface area contributed by atoms with Crippen LogP contribution in [0.5, 0.6) is 5.75 Å². The van der Waals surface area contributed by atoms with Crippen LogP contribution in [-0.2, 0) is 19.7 Å². The molecule has 0 N–H and O–H groups in total. The molecule has 0 saturated heterocycles. The van der Waals surface area contributed by atoms with Crippen LogP contribution in [-0.4, -0.2) is 27.1 Å². The van der Waals surface area contributed by atoms with Gasteiger partial charge in [0.05, 0.1) is 0 Å². The summed E-state index contributed by atoms with van der Waals surface area (Å²) in [5.74, 6) is 0.148. The first-order chi connectivity index (χ1) is 12.7. The Bertz CT molecular complexity index is 921. The highest BCUT2D eigenvalue weighted by atomic mass is 19.1. The molecule has 0 aliphatic carbocycles. The van der Waals surface area contributed by atoms with Gasteiger partial charge in [-0.15, -0.1) is 0 Å². The molecule has 6 heteroatoms. The molecule has 5 nitrogen and oxygen atoms in total. The third kappa shape index (κ3) is 3.44. The average Bonchev–Trinajstić information content (AvgIpc) is 3.15. The zero-order chi connectivity index (χ0) is 17.9. The second kappa shape index (κ2) is 7.00. The lowest BCUT2D eigenvalue weighted by molar-refractivity contribution is 0.0726. The van der Waals surface area contributed by atoms with Gasteiger partial charge >= 0.3 is 0 Å². The Hall–Kier alpha value is -3.15. The minimum atomic E-state index is -0.313. The van der Waals surface area contributed by atoms with Gasteiger partial charge in [0.2, 0.25) is 0 Å². The number of ether oxygens (including phenoxy) is 1. The van der Waals surface area contributed by atoms with Gasteiger partial charge in [-0.1, -0.05) is 24.3 Å². The van der Waals surface area contributed by atoms with Crippen molar-refractivity contribution in [3.05, 3.63) is 83.4 Å². The summed E-state index contributed by atoms with van der Waals surface area (Å²) in [7, 11) is 0.